The molecule has 0 aliphatic carbocycles. The van der Waals surface area contributed by atoms with Gasteiger partial charge in [0, 0.05) is 43.7 Å². The Morgan fingerprint density at radius 2 is 1.95 bits per heavy atom. The molecule has 1 N–H and O–H groups in total. The van der Waals surface area contributed by atoms with Crippen LogP contribution in [-0.4, -0.2) is 91.0 Å². The number of para-hydroxylation sites is 1. The lowest BCUT2D eigenvalue weighted by atomic mass is 10.00. The molecule has 0 unspecified atom stereocenters. The Labute approximate surface area is 223 Å². The van der Waals surface area contributed by atoms with E-state index in [0.29, 0.717) is 38.5 Å². The fraction of sp³-hybridized carbons (Fsp3) is 0.519. The number of urea groups is 1. The molecule has 3 amide bonds. The van der Waals surface area contributed by atoms with Crippen molar-refractivity contribution in [3.05, 3.63) is 52.2 Å². The maximum absolute atomic E-state index is 13.8. The van der Waals surface area contributed by atoms with Gasteiger partial charge in [-0.1, -0.05) is 24.3 Å². The Bertz CT molecular complexity index is 1090. The molecule has 0 saturated carbocycles. The lowest BCUT2D eigenvalue weighted by Crippen LogP contribution is -2.53. The maximum atomic E-state index is 13.8. The van der Waals surface area contributed by atoms with Crippen LogP contribution in [0.1, 0.15) is 43.7 Å². The molecule has 1 fully saturated rings. The van der Waals surface area contributed by atoms with Gasteiger partial charge in [0.15, 0.2) is 0 Å². The highest BCUT2D eigenvalue weighted by Crippen LogP contribution is 2.38. The Balaban J connectivity index is 1.57. The summed E-state index contributed by atoms with van der Waals surface area (Å²) in [6.45, 7) is 9.84. The summed E-state index contributed by atoms with van der Waals surface area (Å²) in [5.41, 5.74) is 1.33. The number of nitrogens with zero attached hydrogens (tertiary/aromatic N) is 4. The number of methoxy groups -OCH3 is 1. The molecule has 1 aromatic heterocycles. The summed E-state index contributed by atoms with van der Waals surface area (Å²) < 4.78 is 11.1. The predicted octanol–water partition coefficient (Wildman–Crippen LogP) is 3.58. The summed E-state index contributed by atoms with van der Waals surface area (Å²) in [4.78, 5) is 31.9. The highest BCUT2D eigenvalue weighted by Gasteiger charge is 2.36. The first-order valence-corrected chi connectivity index (χ1v) is 13.6. The average molecular weight is 528 g/mol. The second-order valence-corrected chi connectivity index (χ2v) is 11.2. The zero-order chi connectivity index (χ0) is 26.4. The Kier molecular flexibility index (Phi) is 8.83. The molecular formula is C27H37N5O4S. The third kappa shape index (κ3) is 7.09. The Morgan fingerprint density at radius 3 is 2.62 bits per heavy atom. The van der Waals surface area contributed by atoms with Gasteiger partial charge in [0.25, 0.3) is 5.91 Å². The summed E-state index contributed by atoms with van der Waals surface area (Å²) in [6.07, 6.45) is 0.578. The fourth-order valence-corrected chi connectivity index (χ4v) is 5.21. The second-order valence-electron chi connectivity index (χ2n) is 10.3. The summed E-state index contributed by atoms with van der Waals surface area (Å²) in [6, 6.07) is 11.1. The van der Waals surface area contributed by atoms with Crippen LogP contribution in [0.5, 0.6) is 5.75 Å². The van der Waals surface area contributed by atoms with Crippen LogP contribution in [0, 0.1) is 0 Å². The third-order valence-electron chi connectivity index (χ3n) is 6.35. The summed E-state index contributed by atoms with van der Waals surface area (Å²) in [7, 11) is 1.63. The number of rotatable bonds is 8. The van der Waals surface area contributed by atoms with Gasteiger partial charge >= 0.3 is 6.03 Å². The molecule has 3 heterocycles. The van der Waals surface area contributed by atoms with Crippen LogP contribution in [0.15, 0.2) is 46.9 Å². The smallest absolute Gasteiger partial charge is 0.318 e. The molecule has 0 bridgehead atoms. The fourth-order valence-electron chi connectivity index (χ4n) is 4.49. The number of hydrogen-bond acceptors (Lipinski definition) is 7. The minimum absolute atomic E-state index is 0.0703. The standard InChI is InChI=1S/C27H37N5O4S/c1-27(2,3)28-26(34)31(12-11-30-13-15-36-16-14-30)19-25(33)32-22(20-8-5-6-9-23(20)35-4)18-21(29-32)24-10-7-17-37-24/h5-10,17,22H,11-16,18-19H2,1-4H3,(H,28,34)/t22-/m1/s1. The van der Waals surface area contributed by atoms with Crippen molar-refractivity contribution in [1.82, 2.24) is 20.1 Å². The van der Waals surface area contributed by atoms with Crippen molar-refractivity contribution in [3.8, 4) is 5.75 Å². The summed E-state index contributed by atoms with van der Waals surface area (Å²) in [5, 5.41) is 11.3. The average Bonchev–Trinajstić information content (AvgIpc) is 3.56. The molecule has 4 rings (SSSR count). The van der Waals surface area contributed by atoms with Crippen molar-refractivity contribution < 1.29 is 19.1 Å². The molecular weight excluding hydrogens is 490 g/mol. The van der Waals surface area contributed by atoms with Crippen molar-refractivity contribution >= 4 is 29.0 Å². The molecule has 200 valence electrons. The van der Waals surface area contributed by atoms with E-state index < -0.39 is 5.54 Å². The van der Waals surface area contributed by atoms with E-state index in [0.717, 1.165) is 29.2 Å². The van der Waals surface area contributed by atoms with E-state index in [4.69, 9.17) is 14.6 Å². The second kappa shape index (κ2) is 12.1. The number of carbonyl (C=O) groups is 2. The van der Waals surface area contributed by atoms with Gasteiger partial charge in [0.05, 0.1) is 37.0 Å². The number of amides is 3. The van der Waals surface area contributed by atoms with Crippen LogP contribution in [0.3, 0.4) is 0 Å². The van der Waals surface area contributed by atoms with E-state index in [1.54, 1.807) is 28.4 Å². The first-order valence-electron chi connectivity index (χ1n) is 12.7. The number of carbonyl (C=O) groups excluding carboxylic acids is 2. The van der Waals surface area contributed by atoms with Crippen molar-refractivity contribution in [2.24, 2.45) is 5.10 Å². The van der Waals surface area contributed by atoms with Gasteiger partial charge < -0.3 is 19.7 Å². The van der Waals surface area contributed by atoms with Crippen LogP contribution >= 0.6 is 11.3 Å². The van der Waals surface area contributed by atoms with Gasteiger partial charge in [-0.3, -0.25) is 9.69 Å². The van der Waals surface area contributed by atoms with Gasteiger partial charge in [-0.15, -0.1) is 11.3 Å². The first kappa shape index (κ1) is 27.1. The summed E-state index contributed by atoms with van der Waals surface area (Å²) in [5.74, 6) is 0.482. The minimum Gasteiger partial charge on any atom is -0.496 e. The molecule has 9 nitrogen and oxygen atoms in total. The number of thiophene rings is 1. The van der Waals surface area contributed by atoms with E-state index in [1.165, 1.54) is 0 Å². The minimum atomic E-state index is -0.421. The molecule has 2 aromatic rings. The number of benzene rings is 1. The molecule has 1 saturated heterocycles. The van der Waals surface area contributed by atoms with Gasteiger partial charge in [0.1, 0.15) is 12.3 Å². The molecule has 10 heteroatoms. The SMILES string of the molecule is COc1ccccc1[C@H]1CC(c2cccs2)=NN1C(=O)CN(CCN1CCOCC1)C(=O)NC(C)(C)C. The molecule has 0 spiro atoms. The van der Waals surface area contributed by atoms with E-state index in [-0.39, 0.29) is 24.5 Å². The summed E-state index contributed by atoms with van der Waals surface area (Å²) >= 11 is 1.60. The number of hydrogen-bond donors (Lipinski definition) is 1. The number of nitrogens with one attached hydrogen (secondary N) is 1. The lowest BCUT2D eigenvalue weighted by molar-refractivity contribution is -0.133. The normalized spacial score (nSPS) is 18.4. The quantitative estimate of drug-likeness (QED) is 0.567. The maximum Gasteiger partial charge on any atom is 0.318 e. The monoisotopic (exact) mass is 527 g/mol. The van der Waals surface area contributed by atoms with Crippen molar-refractivity contribution in [1.29, 1.82) is 0 Å². The topological polar surface area (TPSA) is 86.7 Å². The zero-order valence-corrected chi connectivity index (χ0v) is 22.9. The van der Waals surface area contributed by atoms with Crippen molar-refractivity contribution in [2.75, 3.05) is 53.0 Å². The molecule has 1 atom stereocenters. The van der Waals surface area contributed by atoms with E-state index in [2.05, 4.69) is 10.2 Å². The van der Waals surface area contributed by atoms with Gasteiger partial charge in [-0.2, -0.15) is 5.10 Å². The number of morpholine rings is 1. The Morgan fingerprint density at radius 1 is 1.19 bits per heavy atom. The van der Waals surface area contributed by atoms with E-state index >= 15 is 0 Å². The van der Waals surface area contributed by atoms with Gasteiger partial charge in [0.2, 0.25) is 0 Å². The molecule has 0 radical (unpaired) electrons. The zero-order valence-electron chi connectivity index (χ0n) is 22.1. The highest BCUT2D eigenvalue weighted by molar-refractivity contribution is 7.12. The van der Waals surface area contributed by atoms with Crippen LogP contribution in [-0.2, 0) is 9.53 Å². The van der Waals surface area contributed by atoms with Gasteiger partial charge in [-0.25, -0.2) is 9.80 Å². The van der Waals surface area contributed by atoms with Crippen LogP contribution in [0.25, 0.3) is 0 Å². The molecule has 2 aliphatic heterocycles. The van der Waals surface area contributed by atoms with Crippen molar-refractivity contribution in [3.63, 3.8) is 0 Å². The Hall–Kier alpha value is -2.95. The van der Waals surface area contributed by atoms with Crippen LogP contribution < -0.4 is 10.1 Å². The molecule has 37 heavy (non-hydrogen) atoms. The molecule has 2 aliphatic rings. The predicted molar refractivity (Wildman–Crippen MR) is 145 cm³/mol. The largest absolute Gasteiger partial charge is 0.496 e. The van der Waals surface area contributed by atoms with Gasteiger partial charge in [-0.05, 0) is 38.3 Å². The third-order valence-corrected chi connectivity index (χ3v) is 7.27. The van der Waals surface area contributed by atoms with E-state index in [9.17, 15) is 9.59 Å². The first-order chi connectivity index (χ1) is 17.7. The molecule has 1 aromatic carbocycles. The van der Waals surface area contributed by atoms with E-state index in [1.807, 2.05) is 62.5 Å². The highest BCUT2D eigenvalue weighted by atomic mass is 32.1. The number of ether oxygens (including phenoxy) is 2. The number of hydrazone groups is 1. The van der Waals surface area contributed by atoms with Crippen LogP contribution in [0.2, 0.25) is 0 Å². The van der Waals surface area contributed by atoms with Crippen LogP contribution in [0.4, 0.5) is 4.79 Å². The van der Waals surface area contributed by atoms with Crippen molar-refractivity contribution in [2.45, 2.75) is 38.8 Å². The lowest BCUT2D eigenvalue weighted by Gasteiger charge is -2.33.